The van der Waals surface area contributed by atoms with Crippen LogP contribution in [0.15, 0.2) is 122 Å². The van der Waals surface area contributed by atoms with E-state index in [0.717, 1.165) is 103 Å². The second kappa shape index (κ2) is 56.4. The smallest absolute Gasteiger partial charge is 0.306 e. The van der Waals surface area contributed by atoms with Crippen LogP contribution in [0.25, 0.3) is 0 Å². The lowest BCUT2D eigenvalue weighted by Gasteiger charge is -2.18. The van der Waals surface area contributed by atoms with Gasteiger partial charge in [0.1, 0.15) is 13.2 Å². The first-order valence-electron chi connectivity index (χ1n) is 28.0. The third kappa shape index (κ3) is 54.6. The van der Waals surface area contributed by atoms with E-state index in [0.29, 0.717) is 19.3 Å². The summed E-state index contributed by atoms with van der Waals surface area (Å²) in [6.45, 7) is 6.32. The number of ether oxygens (including phenoxy) is 3. The Hall–Kier alpha value is -4.19. The summed E-state index contributed by atoms with van der Waals surface area (Å²) in [6.07, 6.45) is 77.7. The highest BCUT2D eigenvalue weighted by Crippen LogP contribution is 2.15. The molecule has 0 heterocycles. The maximum atomic E-state index is 12.8. The molecule has 0 aliphatic carbocycles. The van der Waals surface area contributed by atoms with Crippen molar-refractivity contribution in [3.63, 3.8) is 0 Å². The summed E-state index contributed by atoms with van der Waals surface area (Å²) in [5.41, 5.74) is 0. The van der Waals surface area contributed by atoms with Crippen molar-refractivity contribution in [2.45, 2.75) is 245 Å². The molecule has 6 heteroatoms. The average Bonchev–Trinajstić information content (AvgIpc) is 3.35. The van der Waals surface area contributed by atoms with Gasteiger partial charge in [0.2, 0.25) is 0 Å². The summed E-state index contributed by atoms with van der Waals surface area (Å²) < 4.78 is 16.8. The van der Waals surface area contributed by atoms with Gasteiger partial charge in [-0.25, -0.2) is 0 Å². The van der Waals surface area contributed by atoms with Crippen LogP contribution < -0.4 is 0 Å². The first kappa shape index (κ1) is 64.8. The van der Waals surface area contributed by atoms with Gasteiger partial charge in [-0.15, -0.1) is 0 Å². The Morgan fingerprint density at radius 1 is 0.304 bits per heavy atom. The Bertz CT molecular complexity index is 1470. The maximum Gasteiger partial charge on any atom is 0.306 e. The second-order valence-corrected chi connectivity index (χ2v) is 18.1. The van der Waals surface area contributed by atoms with Crippen LogP contribution in [0.1, 0.15) is 239 Å². The summed E-state index contributed by atoms with van der Waals surface area (Å²) in [5.74, 6) is -1.04. The van der Waals surface area contributed by atoms with E-state index in [9.17, 15) is 14.4 Å². The van der Waals surface area contributed by atoms with Crippen molar-refractivity contribution in [1.82, 2.24) is 0 Å². The third-order valence-corrected chi connectivity index (χ3v) is 11.5. The Balaban J connectivity index is 4.56. The van der Waals surface area contributed by atoms with Gasteiger partial charge in [-0.05, 0) is 96.3 Å². The standard InChI is InChI=1S/C63H102O6/c1-4-7-10-13-16-19-22-25-28-31-32-33-36-38-41-44-47-50-53-56-62(65)68-59-60(69-63(66)57-54-51-48-45-42-39-35-30-27-24-21-18-15-12-9-6-3)58-67-61(64)55-52-49-46-43-40-37-34-29-26-23-20-17-14-11-8-5-2/h7,9-10,12,16,18-19,21,25,27-28,30,32-33,38-39,41-42,47,50,60H,4-6,8,11,13-15,17,20,22-24,26,29,31,34-37,40,43-46,48-49,51-59H2,1-3H3/b10-7-,12-9-,19-16-,21-18-,28-25-,30-27-,33-32-,41-38-,42-39-,50-47-. The molecule has 1 unspecified atom stereocenters. The van der Waals surface area contributed by atoms with Crippen LogP contribution in [0.3, 0.4) is 0 Å². The normalized spacial score (nSPS) is 13.0. The third-order valence-electron chi connectivity index (χ3n) is 11.5. The molecule has 0 bridgehead atoms. The molecule has 390 valence electrons. The van der Waals surface area contributed by atoms with Gasteiger partial charge in [0, 0.05) is 19.3 Å². The predicted octanol–water partition coefficient (Wildman–Crippen LogP) is 18.9. The summed E-state index contributed by atoms with van der Waals surface area (Å²) in [7, 11) is 0. The molecular weight excluding hydrogens is 853 g/mol. The first-order chi connectivity index (χ1) is 34.0. The summed E-state index contributed by atoms with van der Waals surface area (Å²) in [6, 6.07) is 0. The molecule has 6 nitrogen and oxygen atoms in total. The molecule has 0 aliphatic rings. The van der Waals surface area contributed by atoms with Crippen LogP contribution in [-0.4, -0.2) is 37.2 Å². The van der Waals surface area contributed by atoms with E-state index in [1.165, 1.54) is 83.5 Å². The van der Waals surface area contributed by atoms with Crippen LogP contribution in [0.5, 0.6) is 0 Å². The fourth-order valence-corrected chi connectivity index (χ4v) is 7.34. The molecule has 0 aromatic carbocycles. The number of rotatable bonds is 49. The van der Waals surface area contributed by atoms with E-state index in [4.69, 9.17) is 14.2 Å². The molecule has 0 saturated heterocycles. The lowest BCUT2D eigenvalue weighted by atomic mass is 10.0. The number of unbranched alkanes of at least 4 members (excludes halogenated alkanes) is 18. The molecule has 0 fully saturated rings. The molecule has 0 amide bonds. The van der Waals surface area contributed by atoms with Crippen LogP contribution in [-0.2, 0) is 28.6 Å². The van der Waals surface area contributed by atoms with Crippen molar-refractivity contribution in [3.05, 3.63) is 122 Å². The monoisotopic (exact) mass is 955 g/mol. The van der Waals surface area contributed by atoms with E-state index in [1.54, 1.807) is 0 Å². The minimum Gasteiger partial charge on any atom is -0.462 e. The van der Waals surface area contributed by atoms with Crippen molar-refractivity contribution in [2.75, 3.05) is 13.2 Å². The second-order valence-electron chi connectivity index (χ2n) is 18.1. The van der Waals surface area contributed by atoms with Gasteiger partial charge in [0.25, 0.3) is 0 Å². The van der Waals surface area contributed by atoms with Crippen molar-refractivity contribution >= 4 is 17.9 Å². The van der Waals surface area contributed by atoms with E-state index >= 15 is 0 Å². The van der Waals surface area contributed by atoms with Crippen LogP contribution >= 0.6 is 0 Å². The Kier molecular flexibility index (Phi) is 53.0. The average molecular weight is 956 g/mol. The fraction of sp³-hybridized carbons (Fsp3) is 0.635. The lowest BCUT2D eigenvalue weighted by molar-refractivity contribution is -0.166. The van der Waals surface area contributed by atoms with Crippen molar-refractivity contribution in [3.8, 4) is 0 Å². The first-order valence-corrected chi connectivity index (χ1v) is 28.0. The molecule has 0 N–H and O–H groups in total. The van der Waals surface area contributed by atoms with Gasteiger partial charge < -0.3 is 14.2 Å². The van der Waals surface area contributed by atoms with Crippen LogP contribution in [0.2, 0.25) is 0 Å². The number of hydrogen-bond acceptors (Lipinski definition) is 6. The number of allylic oxidation sites excluding steroid dienone is 20. The zero-order valence-electron chi connectivity index (χ0n) is 44.5. The van der Waals surface area contributed by atoms with E-state index < -0.39 is 6.10 Å². The van der Waals surface area contributed by atoms with E-state index in [1.807, 2.05) is 12.2 Å². The molecule has 1 atom stereocenters. The van der Waals surface area contributed by atoms with Crippen molar-refractivity contribution in [1.29, 1.82) is 0 Å². The SMILES string of the molecule is CC/C=C\C/C=C\C/C=C\C/C=C\C/C=C\C/C=C\CCC(=O)OCC(COC(=O)CCCCCCCCCCCCCCCCCC)OC(=O)CCCCC/C=C\C/C=C\C/C=C\C/C=C\CC. The van der Waals surface area contributed by atoms with Gasteiger partial charge in [0.15, 0.2) is 6.10 Å². The zero-order valence-corrected chi connectivity index (χ0v) is 44.5. The highest BCUT2D eigenvalue weighted by molar-refractivity contribution is 5.71. The molecule has 0 aromatic heterocycles. The molecule has 0 saturated carbocycles. The number of esters is 3. The Labute approximate surface area is 424 Å². The lowest BCUT2D eigenvalue weighted by Crippen LogP contribution is -2.30. The van der Waals surface area contributed by atoms with E-state index in [-0.39, 0.29) is 44.0 Å². The molecule has 0 rings (SSSR count). The Morgan fingerprint density at radius 3 is 0.971 bits per heavy atom. The molecular formula is C63H102O6. The van der Waals surface area contributed by atoms with Gasteiger partial charge in [-0.2, -0.15) is 0 Å². The van der Waals surface area contributed by atoms with Crippen molar-refractivity contribution in [2.24, 2.45) is 0 Å². The molecule has 0 aliphatic heterocycles. The highest BCUT2D eigenvalue weighted by atomic mass is 16.6. The summed E-state index contributed by atoms with van der Waals surface area (Å²) >= 11 is 0. The quantitative estimate of drug-likeness (QED) is 0.0262. The molecule has 0 spiro atoms. The molecule has 0 radical (unpaired) electrons. The van der Waals surface area contributed by atoms with Gasteiger partial charge >= 0.3 is 17.9 Å². The largest absolute Gasteiger partial charge is 0.462 e. The minimum atomic E-state index is -0.827. The molecule has 69 heavy (non-hydrogen) atoms. The Morgan fingerprint density at radius 2 is 0.594 bits per heavy atom. The summed E-state index contributed by atoms with van der Waals surface area (Å²) in [4.78, 5) is 38.1. The minimum absolute atomic E-state index is 0.115. The number of hydrogen-bond donors (Lipinski definition) is 0. The van der Waals surface area contributed by atoms with Crippen molar-refractivity contribution < 1.29 is 28.6 Å². The fourth-order valence-electron chi connectivity index (χ4n) is 7.34. The topological polar surface area (TPSA) is 78.9 Å². The van der Waals surface area contributed by atoms with Gasteiger partial charge in [-0.1, -0.05) is 245 Å². The zero-order chi connectivity index (χ0) is 50.0. The van der Waals surface area contributed by atoms with Gasteiger partial charge in [-0.3, -0.25) is 14.4 Å². The predicted molar refractivity (Wildman–Crippen MR) is 297 cm³/mol. The summed E-state index contributed by atoms with van der Waals surface area (Å²) in [5, 5.41) is 0. The number of carbonyl (C=O) groups excluding carboxylic acids is 3. The van der Waals surface area contributed by atoms with E-state index in [2.05, 4.69) is 130 Å². The highest BCUT2D eigenvalue weighted by Gasteiger charge is 2.19. The van der Waals surface area contributed by atoms with Crippen LogP contribution in [0.4, 0.5) is 0 Å². The van der Waals surface area contributed by atoms with Crippen LogP contribution in [0, 0.1) is 0 Å². The molecule has 0 aromatic rings. The number of carbonyl (C=O) groups is 3. The maximum absolute atomic E-state index is 12.8. The van der Waals surface area contributed by atoms with Gasteiger partial charge in [0.05, 0.1) is 0 Å².